The average Bonchev–Trinajstić information content (AvgIpc) is 2.56. The molecule has 0 fully saturated rings. The summed E-state index contributed by atoms with van der Waals surface area (Å²) in [5, 5.41) is 11.4. The Kier molecular flexibility index (Phi) is 7.19. The van der Waals surface area contributed by atoms with E-state index in [1.165, 1.54) is 6.92 Å². The van der Waals surface area contributed by atoms with Crippen LogP contribution >= 0.6 is 24.4 Å². The van der Waals surface area contributed by atoms with E-state index in [-0.39, 0.29) is 28.5 Å². The lowest BCUT2D eigenvalue weighted by atomic mass is 10.1. The van der Waals surface area contributed by atoms with Gasteiger partial charge in [0.25, 0.3) is 0 Å². The summed E-state index contributed by atoms with van der Waals surface area (Å²) in [5.41, 5.74) is 2.35. The van der Waals surface area contributed by atoms with Gasteiger partial charge < -0.3 is 21.3 Å². The maximum Gasteiger partial charge on any atom is 0.230 e. The van der Waals surface area contributed by atoms with Crippen LogP contribution in [0.2, 0.25) is 0 Å². The van der Waals surface area contributed by atoms with Gasteiger partial charge in [-0.15, -0.1) is 0 Å². The normalized spacial score (nSPS) is 9.73. The molecule has 0 saturated heterocycles. The van der Waals surface area contributed by atoms with Crippen molar-refractivity contribution in [3.63, 3.8) is 0 Å². The van der Waals surface area contributed by atoms with Crippen LogP contribution in [-0.2, 0) is 16.0 Å². The van der Waals surface area contributed by atoms with Crippen LogP contribution in [0.5, 0.6) is 0 Å². The molecule has 4 N–H and O–H groups in total. The Balaban J connectivity index is 1.82. The first-order chi connectivity index (χ1) is 12.4. The van der Waals surface area contributed by atoms with Crippen molar-refractivity contribution in [2.75, 3.05) is 10.6 Å². The van der Waals surface area contributed by atoms with Crippen molar-refractivity contribution in [1.82, 2.24) is 10.6 Å². The zero-order chi connectivity index (χ0) is 18.9. The predicted molar refractivity (Wildman–Crippen MR) is 111 cm³/mol. The van der Waals surface area contributed by atoms with Gasteiger partial charge in [-0.25, -0.2) is 0 Å². The molecule has 2 aromatic carbocycles. The first-order valence-electron chi connectivity index (χ1n) is 7.76. The molecule has 0 unspecified atom stereocenters. The number of rotatable bonds is 4. The molecule has 2 amide bonds. The summed E-state index contributed by atoms with van der Waals surface area (Å²) >= 11 is 10.1. The standard InChI is InChI=1S/C18H18N4O2S2/c1-12(23)19-17(25)20-14-7-9-15(10-8-14)21-18(26)22-16(24)11-13-5-3-2-4-6-13/h2-10H,11H2,1H3,(H2,19,20,23,25)(H2,21,22,24,26). The van der Waals surface area contributed by atoms with Gasteiger partial charge in [0.05, 0.1) is 6.42 Å². The van der Waals surface area contributed by atoms with Crippen LogP contribution in [0.15, 0.2) is 54.6 Å². The van der Waals surface area contributed by atoms with Gasteiger partial charge in [0, 0.05) is 18.3 Å². The van der Waals surface area contributed by atoms with Crippen molar-refractivity contribution in [1.29, 1.82) is 0 Å². The molecule has 0 radical (unpaired) electrons. The number of anilines is 2. The molecule has 8 heteroatoms. The van der Waals surface area contributed by atoms with E-state index in [0.717, 1.165) is 5.56 Å². The fourth-order valence-corrected chi connectivity index (χ4v) is 2.57. The minimum Gasteiger partial charge on any atom is -0.332 e. The lowest BCUT2D eigenvalue weighted by Gasteiger charge is -2.11. The number of carbonyl (C=O) groups excluding carboxylic acids is 2. The Morgan fingerprint density at radius 3 is 1.81 bits per heavy atom. The number of hydrogen-bond acceptors (Lipinski definition) is 4. The lowest BCUT2D eigenvalue weighted by Crippen LogP contribution is -2.35. The third-order valence-corrected chi connectivity index (χ3v) is 3.56. The van der Waals surface area contributed by atoms with Crippen LogP contribution < -0.4 is 21.3 Å². The first kappa shape index (κ1) is 19.5. The fourth-order valence-electron chi connectivity index (χ4n) is 2.07. The lowest BCUT2D eigenvalue weighted by molar-refractivity contribution is -0.119. The summed E-state index contributed by atoms with van der Waals surface area (Å²) < 4.78 is 0. The Hall–Kier alpha value is -2.84. The Morgan fingerprint density at radius 2 is 1.31 bits per heavy atom. The van der Waals surface area contributed by atoms with Crippen molar-refractivity contribution in [3.05, 3.63) is 60.2 Å². The molecule has 26 heavy (non-hydrogen) atoms. The molecule has 2 aromatic rings. The van der Waals surface area contributed by atoms with Crippen LogP contribution in [0.4, 0.5) is 11.4 Å². The molecule has 0 aromatic heterocycles. The molecular formula is C18H18N4O2S2. The maximum atomic E-state index is 12.0. The monoisotopic (exact) mass is 386 g/mol. The van der Waals surface area contributed by atoms with Crippen LogP contribution in [0, 0.1) is 0 Å². The summed E-state index contributed by atoms with van der Waals surface area (Å²) in [6.45, 7) is 1.38. The average molecular weight is 387 g/mol. The Labute approximate surface area is 162 Å². The highest BCUT2D eigenvalue weighted by atomic mass is 32.1. The van der Waals surface area contributed by atoms with Gasteiger partial charge in [0.15, 0.2) is 10.2 Å². The number of nitrogens with one attached hydrogen (secondary N) is 4. The van der Waals surface area contributed by atoms with Crippen LogP contribution in [0.25, 0.3) is 0 Å². The molecule has 0 aliphatic carbocycles. The number of carbonyl (C=O) groups is 2. The van der Waals surface area contributed by atoms with E-state index in [2.05, 4.69) is 21.3 Å². The van der Waals surface area contributed by atoms with Gasteiger partial charge in [-0.05, 0) is 54.3 Å². The zero-order valence-corrected chi connectivity index (χ0v) is 15.7. The third-order valence-electron chi connectivity index (χ3n) is 3.15. The summed E-state index contributed by atoms with van der Waals surface area (Å²) in [6, 6.07) is 16.5. The number of amides is 2. The molecule has 0 heterocycles. The van der Waals surface area contributed by atoms with Crippen LogP contribution in [-0.4, -0.2) is 22.0 Å². The van der Waals surface area contributed by atoms with Gasteiger partial charge in [-0.1, -0.05) is 30.3 Å². The van der Waals surface area contributed by atoms with Crippen LogP contribution in [0.3, 0.4) is 0 Å². The number of thiocarbonyl (C=S) groups is 2. The van der Waals surface area contributed by atoms with Crippen molar-refractivity contribution in [2.24, 2.45) is 0 Å². The molecule has 0 aliphatic rings. The second-order valence-electron chi connectivity index (χ2n) is 5.38. The van der Waals surface area contributed by atoms with E-state index in [1.807, 2.05) is 30.3 Å². The van der Waals surface area contributed by atoms with Gasteiger partial charge in [-0.3, -0.25) is 9.59 Å². The van der Waals surface area contributed by atoms with Gasteiger partial charge in [0.2, 0.25) is 11.8 Å². The second kappa shape index (κ2) is 9.59. The van der Waals surface area contributed by atoms with E-state index in [4.69, 9.17) is 24.4 Å². The van der Waals surface area contributed by atoms with Crippen molar-refractivity contribution in [3.8, 4) is 0 Å². The number of hydrogen-bond donors (Lipinski definition) is 4. The van der Waals surface area contributed by atoms with Gasteiger partial charge in [-0.2, -0.15) is 0 Å². The smallest absolute Gasteiger partial charge is 0.230 e. The van der Waals surface area contributed by atoms with Crippen LogP contribution in [0.1, 0.15) is 12.5 Å². The summed E-state index contributed by atoms with van der Waals surface area (Å²) in [4.78, 5) is 22.9. The third kappa shape index (κ3) is 6.96. The zero-order valence-electron chi connectivity index (χ0n) is 14.0. The number of benzene rings is 2. The molecule has 134 valence electrons. The minimum atomic E-state index is -0.239. The van der Waals surface area contributed by atoms with E-state index < -0.39 is 0 Å². The molecule has 0 bridgehead atoms. The summed E-state index contributed by atoms with van der Waals surface area (Å²) in [7, 11) is 0. The SMILES string of the molecule is CC(=O)NC(=S)Nc1ccc(NC(=S)NC(=O)Cc2ccccc2)cc1. The Bertz CT molecular complexity index is 808. The highest BCUT2D eigenvalue weighted by Crippen LogP contribution is 2.13. The minimum absolute atomic E-state index is 0.187. The Morgan fingerprint density at radius 1 is 0.808 bits per heavy atom. The quantitative estimate of drug-likeness (QED) is 0.605. The highest BCUT2D eigenvalue weighted by Gasteiger charge is 2.06. The molecule has 6 nitrogen and oxygen atoms in total. The molecule has 0 spiro atoms. The topological polar surface area (TPSA) is 82.3 Å². The van der Waals surface area contributed by atoms with E-state index in [1.54, 1.807) is 24.3 Å². The summed E-state index contributed by atoms with van der Waals surface area (Å²) in [5.74, 6) is -0.426. The first-order valence-corrected chi connectivity index (χ1v) is 8.57. The molecule has 0 saturated carbocycles. The van der Waals surface area contributed by atoms with E-state index in [9.17, 15) is 9.59 Å². The second-order valence-corrected chi connectivity index (χ2v) is 6.19. The fraction of sp³-hybridized carbons (Fsp3) is 0.111. The van der Waals surface area contributed by atoms with Crippen molar-refractivity contribution in [2.45, 2.75) is 13.3 Å². The molecule has 0 aliphatic heterocycles. The highest BCUT2D eigenvalue weighted by molar-refractivity contribution is 7.80. The summed E-state index contributed by atoms with van der Waals surface area (Å²) in [6.07, 6.45) is 0.256. The van der Waals surface area contributed by atoms with Crippen molar-refractivity contribution < 1.29 is 9.59 Å². The van der Waals surface area contributed by atoms with E-state index in [0.29, 0.717) is 11.4 Å². The predicted octanol–water partition coefficient (Wildman–Crippen LogP) is 2.58. The molecular weight excluding hydrogens is 368 g/mol. The molecule has 2 rings (SSSR count). The van der Waals surface area contributed by atoms with Gasteiger partial charge >= 0.3 is 0 Å². The van der Waals surface area contributed by atoms with Crippen molar-refractivity contribution >= 4 is 57.8 Å². The van der Waals surface area contributed by atoms with E-state index >= 15 is 0 Å². The largest absolute Gasteiger partial charge is 0.332 e. The maximum absolute atomic E-state index is 12.0. The molecule has 0 atom stereocenters. The van der Waals surface area contributed by atoms with Gasteiger partial charge in [0.1, 0.15) is 0 Å².